The van der Waals surface area contributed by atoms with Crippen molar-refractivity contribution < 1.29 is 0 Å². The van der Waals surface area contributed by atoms with Crippen molar-refractivity contribution in [3.63, 3.8) is 0 Å². The molecule has 0 fully saturated rings. The molecule has 87 valence electrons. The minimum Gasteiger partial charge on any atom is -0.0628 e. The Kier molecular flexibility index (Phi) is 3.37. The molecule has 0 nitrogen and oxygen atoms in total. The molecule has 0 aromatic carbocycles. The normalized spacial score (nSPS) is 23.2. The third-order valence-corrected chi connectivity index (χ3v) is 3.67. The summed E-state index contributed by atoms with van der Waals surface area (Å²) in [5, 5.41) is 0. The zero-order valence-corrected chi connectivity index (χ0v) is 11.0. The summed E-state index contributed by atoms with van der Waals surface area (Å²) in [5.74, 6) is 1.47. The van der Waals surface area contributed by atoms with Crippen LogP contribution >= 0.6 is 0 Å². The molecular weight excluding hydrogens is 192 g/mol. The fourth-order valence-electron chi connectivity index (χ4n) is 2.91. The van der Waals surface area contributed by atoms with E-state index in [1.165, 1.54) is 36.0 Å². The van der Waals surface area contributed by atoms with Crippen LogP contribution in [-0.2, 0) is 0 Å². The van der Waals surface area contributed by atoms with Crippen LogP contribution in [0.15, 0.2) is 34.4 Å². The lowest BCUT2D eigenvalue weighted by Gasteiger charge is -2.12. The molecule has 0 aromatic heterocycles. The van der Waals surface area contributed by atoms with Crippen molar-refractivity contribution in [3.8, 4) is 0 Å². The van der Waals surface area contributed by atoms with Gasteiger partial charge in [0.15, 0.2) is 0 Å². The first kappa shape index (κ1) is 11.7. The molecule has 2 aliphatic carbocycles. The van der Waals surface area contributed by atoms with Crippen molar-refractivity contribution in [2.24, 2.45) is 11.8 Å². The van der Waals surface area contributed by atoms with E-state index in [9.17, 15) is 0 Å². The zero-order valence-electron chi connectivity index (χ0n) is 11.0. The highest BCUT2D eigenvalue weighted by Gasteiger charge is 2.30. The number of hydrogen-bond donors (Lipinski definition) is 0. The standard InChI is InChI=1S/C16H23/c1-11(2)7-5-6-8-15-14-9-12(3)16(15)13(4)10-14/h8-11,15H,5-7H2,1-4H3. The zero-order chi connectivity index (χ0) is 11.7. The minimum atomic E-state index is 0.632. The number of unbranched alkanes of at least 4 members (excludes halogenated alkanes) is 1. The lowest BCUT2D eigenvalue weighted by Crippen LogP contribution is -2.00. The Hall–Kier alpha value is -0.780. The summed E-state index contributed by atoms with van der Waals surface area (Å²) in [5.41, 5.74) is 6.08. The molecule has 2 aliphatic rings. The molecule has 1 unspecified atom stereocenters. The fourth-order valence-corrected chi connectivity index (χ4v) is 2.91. The highest BCUT2D eigenvalue weighted by molar-refractivity contribution is 5.62. The van der Waals surface area contributed by atoms with Gasteiger partial charge in [0.1, 0.15) is 0 Å². The molecule has 0 saturated carbocycles. The average Bonchev–Trinajstić information content (AvgIpc) is 2.64. The largest absolute Gasteiger partial charge is 0.0628 e. The second-order valence-electron chi connectivity index (χ2n) is 5.61. The Balaban J connectivity index is 1.84. The summed E-state index contributed by atoms with van der Waals surface area (Å²) < 4.78 is 0. The van der Waals surface area contributed by atoms with E-state index in [1.54, 1.807) is 5.57 Å². The Morgan fingerprint density at radius 3 is 2.56 bits per heavy atom. The summed E-state index contributed by atoms with van der Waals surface area (Å²) in [7, 11) is 0. The van der Waals surface area contributed by atoms with Gasteiger partial charge in [-0.15, -0.1) is 0 Å². The van der Waals surface area contributed by atoms with Gasteiger partial charge in [0.05, 0.1) is 0 Å². The highest BCUT2D eigenvalue weighted by Crippen LogP contribution is 2.45. The van der Waals surface area contributed by atoms with Crippen LogP contribution in [-0.4, -0.2) is 0 Å². The average molecular weight is 215 g/mol. The van der Waals surface area contributed by atoms with Gasteiger partial charge in [0, 0.05) is 5.92 Å². The fraction of sp³-hybridized carbons (Fsp3) is 0.562. The first-order valence-electron chi connectivity index (χ1n) is 6.54. The third-order valence-electron chi connectivity index (χ3n) is 3.67. The van der Waals surface area contributed by atoms with Crippen LogP contribution in [0, 0.1) is 18.3 Å². The molecule has 0 spiro atoms. The smallest absolute Gasteiger partial charge is 0.0126 e. The van der Waals surface area contributed by atoms with E-state index in [-0.39, 0.29) is 0 Å². The molecule has 0 heterocycles. The van der Waals surface area contributed by atoms with E-state index in [4.69, 9.17) is 0 Å². The van der Waals surface area contributed by atoms with Gasteiger partial charge in [0.25, 0.3) is 0 Å². The lowest BCUT2D eigenvalue weighted by molar-refractivity contribution is 0.546. The van der Waals surface area contributed by atoms with E-state index >= 15 is 0 Å². The van der Waals surface area contributed by atoms with Gasteiger partial charge in [-0.3, -0.25) is 0 Å². The molecule has 0 aliphatic heterocycles. The Bertz CT molecular complexity index is 363. The Labute approximate surface area is 100 Å². The second-order valence-corrected chi connectivity index (χ2v) is 5.61. The second kappa shape index (κ2) is 4.61. The summed E-state index contributed by atoms with van der Waals surface area (Å²) in [6.07, 6.45) is 11.2. The van der Waals surface area contributed by atoms with E-state index < -0.39 is 0 Å². The maximum Gasteiger partial charge on any atom is 0.0126 e. The highest BCUT2D eigenvalue weighted by atomic mass is 14.3. The van der Waals surface area contributed by atoms with Gasteiger partial charge in [-0.2, -0.15) is 0 Å². The summed E-state index contributed by atoms with van der Waals surface area (Å²) >= 11 is 0. The van der Waals surface area contributed by atoms with E-state index in [0.29, 0.717) is 5.92 Å². The molecule has 16 heavy (non-hydrogen) atoms. The van der Waals surface area contributed by atoms with Crippen LogP contribution in [0.5, 0.6) is 0 Å². The molecule has 0 heteroatoms. The van der Waals surface area contributed by atoms with Crippen LogP contribution in [0.3, 0.4) is 0 Å². The van der Waals surface area contributed by atoms with Crippen molar-refractivity contribution in [2.75, 3.05) is 0 Å². The molecule has 0 aromatic rings. The minimum absolute atomic E-state index is 0.632. The van der Waals surface area contributed by atoms with Gasteiger partial charge in [-0.25, -0.2) is 0 Å². The predicted molar refractivity (Wildman–Crippen MR) is 71.0 cm³/mol. The number of hydrogen-bond acceptors (Lipinski definition) is 0. The monoisotopic (exact) mass is 215 g/mol. The van der Waals surface area contributed by atoms with Crippen LogP contribution in [0.4, 0.5) is 0 Å². The van der Waals surface area contributed by atoms with Gasteiger partial charge in [-0.05, 0) is 54.9 Å². The molecule has 1 atom stereocenters. The summed E-state index contributed by atoms with van der Waals surface area (Å²) in [4.78, 5) is 0. The Morgan fingerprint density at radius 2 is 2.00 bits per heavy atom. The van der Waals surface area contributed by atoms with Gasteiger partial charge < -0.3 is 0 Å². The third kappa shape index (κ3) is 2.16. The van der Waals surface area contributed by atoms with Crippen molar-refractivity contribution in [1.29, 1.82) is 0 Å². The number of fused-ring (bicyclic) bond motifs is 2. The lowest BCUT2D eigenvalue weighted by atomic mass is 9.92. The summed E-state index contributed by atoms with van der Waals surface area (Å²) in [6.45, 7) is 9.10. The molecular formula is C16H23. The van der Waals surface area contributed by atoms with Crippen LogP contribution < -0.4 is 0 Å². The van der Waals surface area contributed by atoms with Gasteiger partial charge in [-0.1, -0.05) is 38.8 Å². The SMILES string of the molecule is CC1=CC2=CC(C)=C1C2[CH]CCCC(C)C. The van der Waals surface area contributed by atoms with Crippen molar-refractivity contribution >= 4 is 0 Å². The molecule has 1 radical (unpaired) electrons. The van der Waals surface area contributed by atoms with Gasteiger partial charge >= 0.3 is 0 Å². The first-order chi connectivity index (χ1) is 7.59. The number of allylic oxidation sites excluding steroid dienone is 6. The maximum absolute atomic E-state index is 2.52. The van der Waals surface area contributed by atoms with E-state index in [1.807, 2.05) is 0 Å². The Morgan fingerprint density at radius 1 is 1.25 bits per heavy atom. The van der Waals surface area contributed by atoms with E-state index in [2.05, 4.69) is 46.3 Å². The molecule has 0 saturated heterocycles. The topological polar surface area (TPSA) is 0 Å². The maximum atomic E-state index is 2.52. The quantitative estimate of drug-likeness (QED) is 0.575. The van der Waals surface area contributed by atoms with Crippen LogP contribution in [0.2, 0.25) is 0 Å². The van der Waals surface area contributed by atoms with Crippen molar-refractivity contribution in [2.45, 2.75) is 47.0 Å². The first-order valence-corrected chi connectivity index (χ1v) is 6.54. The molecule has 2 bridgehead atoms. The predicted octanol–water partition coefficient (Wildman–Crippen LogP) is 4.85. The van der Waals surface area contributed by atoms with Crippen LogP contribution in [0.25, 0.3) is 0 Å². The van der Waals surface area contributed by atoms with Crippen molar-refractivity contribution in [1.82, 2.24) is 0 Å². The molecule has 0 amide bonds. The van der Waals surface area contributed by atoms with Gasteiger partial charge in [0.2, 0.25) is 0 Å². The molecule has 2 rings (SSSR count). The van der Waals surface area contributed by atoms with Crippen molar-refractivity contribution in [3.05, 3.63) is 40.9 Å². The summed E-state index contributed by atoms with van der Waals surface area (Å²) in [6, 6.07) is 0. The number of rotatable bonds is 5. The van der Waals surface area contributed by atoms with E-state index in [0.717, 1.165) is 5.92 Å². The molecule has 0 N–H and O–H groups in total. The van der Waals surface area contributed by atoms with Crippen LogP contribution in [0.1, 0.15) is 47.0 Å².